The molecule has 0 atom stereocenters. The molecule has 0 radical (unpaired) electrons. The summed E-state index contributed by atoms with van der Waals surface area (Å²) < 4.78 is 4.97. The first-order chi connectivity index (χ1) is 19.1. The van der Waals surface area contributed by atoms with Crippen molar-refractivity contribution in [2.45, 2.75) is 25.7 Å². The van der Waals surface area contributed by atoms with E-state index in [0.29, 0.717) is 23.9 Å². The van der Waals surface area contributed by atoms with Gasteiger partial charge < -0.3 is 20.6 Å². The van der Waals surface area contributed by atoms with Crippen LogP contribution in [-0.2, 0) is 36.8 Å². The molecule has 40 heavy (non-hydrogen) atoms. The summed E-state index contributed by atoms with van der Waals surface area (Å²) in [6.45, 7) is -0.337. The number of fused-ring (bicyclic) bond motifs is 1. The number of imide groups is 1. The SMILES string of the molecule is Nc1nc2[nH]cc(CCc3ccc(C(=O)/C=C(\CCC(=O)OCCN4C(=O)C=CC4=O)C(=O)O)cc3)c2c(=O)[nH]1. The summed E-state index contributed by atoms with van der Waals surface area (Å²) in [6, 6.07) is 6.61. The standard InChI is InChI=1S/C27H25N5O8/c28-27-30-24-23(25(37)31-27)18(14-29-24)6-3-15-1-4-16(5-2-15)19(33)13-17(26(38)39)7-10-22(36)40-12-11-32-20(34)8-9-21(32)35/h1-2,4-5,8-9,13-14H,3,6-7,10-12H2,(H,38,39)(H4,28,29,30,31,37)/b17-13+. The van der Waals surface area contributed by atoms with E-state index in [1.54, 1.807) is 30.5 Å². The Morgan fingerprint density at radius 1 is 1.02 bits per heavy atom. The van der Waals surface area contributed by atoms with Crippen molar-refractivity contribution in [2.24, 2.45) is 0 Å². The van der Waals surface area contributed by atoms with Gasteiger partial charge in [-0.1, -0.05) is 24.3 Å². The number of allylic oxidation sites excluding steroid dienone is 1. The number of aromatic amines is 2. The Hall–Kier alpha value is -5.33. The molecular formula is C27H25N5O8. The molecule has 3 aromatic rings. The van der Waals surface area contributed by atoms with E-state index in [1.807, 2.05) is 0 Å². The number of ether oxygens (including phenoxy) is 1. The highest BCUT2D eigenvalue weighted by molar-refractivity contribution is 6.12. The van der Waals surface area contributed by atoms with Crippen LogP contribution in [0.1, 0.15) is 34.3 Å². The number of hydrogen-bond acceptors (Lipinski definition) is 9. The highest BCUT2D eigenvalue weighted by atomic mass is 16.5. The smallest absolute Gasteiger partial charge is 0.331 e. The van der Waals surface area contributed by atoms with Crippen LogP contribution in [0.5, 0.6) is 0 Å². The number of carbonyl (C=O) groups excluding carboxylic acids is 4. The zero-order valence-electron chi connectivity index (χ0n) is 21.1. The Balaban J connectivity index is 1.29. The highest BCUT2D eigenvalue weighted by Gasteiger charge is 2.23. The molecule has 0 spiro atoms. The third kappa shape index (κ3) is 6.56. The number of rotatable bonds is 12. The molecule has 206 valence electrons. The molecule has 13 nitrogen and oxygen atoms in total. The molecule has 4 rings (SSSR count). The van der Waals surface area contributed by atoms with Crippen LogP contribution in [0.4, 0.5) is 5.95 Å². The van der Waals surface area contributed by atoms with Crippen molar-refractivity contribution in [2.75, 3.05) is 18.9 Å². The average Bonchev–Trinajstić information content (AvgIpc) is 3.47. The fourth-order valence-corrected chi connectivity index (χ4v) is 4.13. The van der Waals surface area contributed by atoms with Crippen molar-refractivity contribution in [3.8, 4) is 0 Å². The third-order valence-corrected chi connectivity index (χ3v) is 6.22. The Morgan fingerprint density at radius 3 is 2.40 bits per heavy atom. The maximum atomic E-state index is 12.7. The molecule has 0 bridgehead atoms. The maximum absolute atomic E-state index is 12.7. The van der Waals surface area contributed by atoms with Gasteiger partial charge in [0.05, 0.1) is 11.9 Å². The summed E-state index contributed by atoms with van der Waals surface area (Å²) >= 11 is 0. The number of carbonyl (C=O) groups is 5. The summed E-state index contributed by atoms with van der Waals surface area (Å²) in [5.41, 5.74) is 7.30. The molecule has 1 aromatic carbocycles. The van der Waals surface area contributed by atoms with E-state index in [0.717, 1.165) is 34.3 Å². The van der Waals surface area contributed by atoms with Crippen LogP contribution in [0.15, 0.2) is 59.1 Å². The Labute approximate surface area is 226 Å². The topological polar surface area (TPSA) is 206 Å². The molecule has 0 fully saturated rings. The van der Waals surface area contributed by atoms with E-state index in [-0.39, 0.29) is 48.6 Å². The van der Waals surface area contributed by atoms with Crippen LogP contribution in [0.25, 0.3) is 11.0 Å². The van der Waals surface area contributed by atoms with Crippen LogP contribution >= 0.6 is 0 Å². The molecular weight excluding hydrogens is 522 g/mol. The fourth-order valence-electron chi connectivity index (χ4n) is 4.13. The fraction of sp³-hybridized carbons (Fsp3) is 0.222. The van der Waals surface area contributed by atoms with E-state index in [1.165, 1.54) is 0 Å². The monoisotopic (exact) mass is 547 g/mol. The van der Waals surface area contributed by atoms with Crippen molar-refractivity contribution in [1.82, 2.24) is 19.9 Å². The highest BCUT2D eigenvalue weighted by Crippen LogP contribution is 2.17. The molecule has 0 aliphatic carbocycles. The van der Waals surface area contributed by atoms with Gasteiger partial charge in [0.15, 0.2) is 5.78 Å². The first kappa shape index (κ1) is 27.7. The lowest BCUT2D eigenvalue weighted by atomic mass is 10.0. The van der Waals surface area contributed by atoms with Crippen LogP contribution < -0.4 is 11.3 Å². The molecule has 0 saturated carbocycles. The van der Waals surface area contributed by atoms with Crippen molar-refractivity contribution in [3.05, 3.63) is 81.3 Å². The van der Waals surface area contributed by atoms with Gasteiger partial charge in [-0.25, -0.2) is 4.79 Å². The van der Waals surface area contributed by atoms with Crippen LogP contribution in [0.3, 0.4) is 0 Å². The second-order valence-electron chi connectivity index (χ2n) is 8.91. The summed E-state index contributed by atoms with van der Waals surface area (Å²) in [6.07, 6.45) is 5.45. The number of aromatic nitrogens is 3. The van der Waals surface area contributed by atoms with E-state index in [4.69, 9.17) is 10.5 Å². The minimum atomic E-state index is -1.35. The Bertz CT molecular complexity index is 1600. The average molecular weight is 548 g/mol. The lowest BCUT2D eigenvalue weighted by Gasteiger charge is -2.13. The molecule has 2 aromatic heterocycles. The van der Waals surface area contributed by atoms with Gasteiger partial charge in [-0.05, 0) is 36.5 Å². The molecule has 2 amide bonds. The normalized spacial score (nSPS) is 13.3. The second-order valence-corrected chi connectivity index (χ2v) is 8.91. The van der Waals surface area contributed by atoms with Crippen molar-refractivity contribution >= 4 is 46.5 Å². The Morgan fingerprint density at radius 2 is 1.73 bits per heavy atom. The number of anilines is 1. The van der Waals surface area contributed by atoms with Crippen LogP contribution in [0, 0.1) is 0 Å². The number of ketones is 1. The van der Waals surface area contributed by atoms with E-state index in [9.17, 15) is 33.9 Å². The minimum absolute atomic E-state index is 0.0227. The lowest BCUT2D eigenvalue weighted by Crippen LogP contribution is -2.33. The number of esters is 1. The largest absolute Gasteiger partial charge is 0.478 e. The molecule has 0 saturated heterocycles. The molecule has 1 aliphatic rings. The predicted octanol–water partition coefficient (Wildman–Crippen LogP) is 1.06. The summed E-state index contributed by atoms with van der Waals surface area (Å²) in [7, 11) is 0. The van der Waals surface area contributed by atoms with Crippen LogP contribution in [-0.4, -0.2) is 67.6 Å². The summed E-state index contributed by atoms with van der Waals surface area (Å²) in [5, 5.41) is 9.91. The molecule has 3 heterocycles. The first-order valence-corrected chi connectivity index (χ1v) is 12.2. The number of benzene rings is 1. The van der Waals surface area contributed by atoms with E-state index in [2.05, 4.69) is 15.0 Å². The van der Waals surface area contributed by atoms with Gasteiger partial charge >= 0.3 is 11.9 Å². The van der Waals surface area contributed by atoms with Gasteiger partial charge in [-0.15, -0.1) is 0 Å². The zero-order valence-corrected chi connectivity index (χ0v) is 21.1. The number of nitrogen functional groups attached to an aromatic ring is 1. The van der Waals surface area contributed by atoms with Gasteiger partial charge in [0.1, 0.15) is 12.3 Å². The number of hydrogen-bond donors (Lipinski definition) is 4. The number of amides is 2. The number of aliphatic carboxylic acids is 1. The first-order valence-electron chi connectivity index (χ1n) is 12.2. The van der Waals surface area contributed by atoms with Crippen LogP contribution in [0.2, 0.25) is 0 Å². The lowest BCUT2D eigenvalue weighted by molar-refractivity contribution is -0.147. The number of carboxylic acid groups (broad SMARTS) is 1. The van der Waals surface area contributed by atoms with Crippen molar-refractivity contribution in [1.29, 1.82) is 0 Å². The summed E-state index contributed by atoms with van der Waals surface area (Å²) in [4.78, 5) is 81.9. The second kappa shape index (κ2) is 12.0. The minimum Gasteiger partial charge on any atom is -0.478 e. The number of carboxylic acids is 1. The predicted molar refractivity (Wildman–Crippen MR) is 141 cm³/mol. The molecule has 1 aliphatic heterocycles. The number of nitrogens with one attached hydrogen (secondary N) is 2. The van der Waals surface area contributed by atoms with Crippen molar-refractivity contribution in [3.63, 3.8) is 0 Å². The number of nitrogens with zero attached hydrogens (tertiary/aromatic N) is 2. The number of nitrogens with two attached hydrogens (primary N) is 1. The van der Waals surface area contributed by atoms with Gasteiger partial charge in [0.25, 0.3) is 17.4 Å². The van der Waals surface area contributed by atoms with Gasteiger partial charge in [-0.2, -0.15) is 4.98 Å². The van der Waals surface area contributed by atoms with Gasteiger partial charge in [0, 0.05) is 35.9 Å². The van der Waals surface area contributed by atoms with Crippen molar-refractivity contribution < 1.29 is 33.8 Å². The number of H-pyrrole nitrogens is 2. The quantitative estimate of drug-likeness (QED) is 0.110. The zero-order chi connectivity index (χ0) is 28.8. The number of aryl methyl sites for hydroxylation is 2. The Kier molecular flexibility index (Phi) is 8.33. The molecule has 13 heteroatoms. The van der Waals surface area contributed by atoms with E-state index < -0.39 is 29.5 Å². The third-order valence-electron chi connectivity index (χ3n) is 6.22. The van der Waals surface area contributed by atoms with E-state index >= 15 is 0 Å². The maximum Gasteiger partial charge on any atom is 0.331 e. The van der Waals surface area contributed by atoms with Gasteiger partial charge in [-0.3, -0.25) is 33.9 Å². The summed E-state index contributed by atoms with van der Waals surface area (Å²) in [5.74, 6) is -3.59. The molecule has 0 unspecified atom stereocenters. The molecule has 5 N–H and O–H groups in total. The van der Waals surface area contributed by atoms with Gasteiger partial charge in [0.2, 0.25) is 5.95 Å².